The first-order valence-electron chi connectivity index (χ1n) is 8.76. The van der Waals surface area contributed by atoms with E-state index in [4.69, 9.17) is 9.47 Å². The highest BCUT2D eigenvalue weighted by atomic mass is 16.5. The van der Waals surface area contributed by atoms with Crippen LogP contribution >= 0.6 is 0 Å². The second-order valence-corrected chi connectivity index (χ2v) is 6.07. The van der Waals surface area contributed by atoms with Crippen molar-refractivity contribution in [1.82, 2.24) is 0 Å². The Morgan fingerprint density at radius 2 is 1.88 bits per heavy atom. The van der Waals surface area contributed by atoms with Crippen LogP contribution in [0.1, 0.15) is 41.3 Å². The van der Waals surface area contributed by atoms with E-state index in [0.717, 1.165) is 16.9 Å². The Morgan fingerprint density at radius 3 is 2.65 bits per heavy atom. The van der Waals surface area contributed by atoms with Gasteiger partial charge in [0, 0.05) is 12.1 Å². The summed E-state index contributed by atoms with van der Waals surface area (Å²) in [5.41, 5.74) is 3.22. The molecule has 1 amide bonds. The van der Waals surface area contributed by atoms with Gasteiger partial charge in [-0.2, -0.15) is 0 Å². The summed E-state index contributed by atoms with van der Waals surface area (Å²) >= 11 is 0. The summed E-state index contributed by atoms with van der Waals surface area (Å²) < 4.78 is 10.7. The van der Waals surface area contributed by atoms with Gasteiger partial charge in [0.25, 0.3) is 0 Å². The second kappa shape index (κ2) is 9.61. The fourth-order valence-electron chi connectivity index (χ4n) is 2.44. The molecule has 138 valence electrons. The largest absolute Gasteiger partial charge is 0.493 e. The van der Waals surface area contributed by atoms with Gasteiger partial charge >= 0.3 is 5.97 Å². The van der Waals surface area contributed by atoms with Crippen LogP contribution in [0.25, 0.3) is 0 Å². The molecular weight excluding hydrogens is 330 g/mol. The number of nitrogens with one attached hydrogen (secondary N) is 1. The summed E-state index contributed by atoms with van der Waals surface area (Å²) in [6, 6.07) is 12.8. The maximum absolute atomic E-state index is 12.1. The highest BCUT2D eigenvalue weighted by molar-refractivity contribution is 5.94. The first-order valence-corrected chi connectivity index (χ1v) is 8.76. The standard InChI is InChI=1S/C21H25NO4/c1-4-25-21(24)17-7-5-8-18(14-17)22-20(23)9-6-12-26-19-13-15(2)10-11-16(19)3/h5,7-8,10-11,13-14H,4,6,9,12H2,1-3H3,(H,22,23). The fraction of sp³-hybridized carbons (Fsp3) is 0.333. The molecule has 0 unspecified atom stereocenters. The molecule has 26 heavy (non-hydrogen) atoms. The third kappa shape index (κ3) is 5.92. The fourth-order valence-corrected chi connectivity index (χ4v) is 2.44. The van der Waals surface area contributed by atoms with Crippen LogP contribution in [0.2, 0.25) is 0 Å². The lowest BCUT2D eigenvalue weighted by atomic mass is 10.1. The lowest BCUT2D eigenvalue weighted by molar-refractivity contribution is -0.116. The minimum Gasteiger partial charge on any atom is -0.493 e. The van der Waals surface area contributed by atoms with Crippen molar-refractivity contribution >= 4 is 17.6 Å². The molecule has 0 radical (unpaired) electrons. The van der Waals surface area contributed by atoms with Crippen LogP contribution in [-0.4, -0.2) is 25.1 Å². The number of esters is 1. The lowest BCUT2D eigenvalue weighted by Crippen LogP contribution is -2.13. The normalized spacial score (nSPS) is 10.3. The molecule has 2 aromatic rings. The summed E-state index contributed by atoms with van der Waals surface area (Å²) in [6.07, 6.45) is 0.950. The Kier molecular flexibility index (Phi) is 7.21. The van der Waals surface area contributed by atoms with Crippen LogP contribution in [0.3, 0.4) is 0 Å². The molecule has 5 heteroatoms. The van der Waals surface area contributed by atoms with E-state index in [1.807, 2.05) is 32.0 Å². The number of benzene rings is 2. The number of rotatable bonds is 8. The molecule has 0 aliphatic carbocycles. The van der Waals surface area contributed by atoms with Crippen molar-refractivity contribution in [2.75, 3.05) is 18.5 Å². The van der Waals surface area contributed by atoms with Crippen molar-refractivity contribution in [2.24, 2.45) is 0 Å². The van der Waals surface area contributed by atoms with Gasteiger partial charge in [-0.15, -0.1) is 0 Å². The number of hydrogen-bond donors (Lipinski definition) is 1. The van der Waals surface area contributed by atoms with E-state index in [-0.39, 0.29) is 5.91 Å². The monoisotopic (exact) mass is 355 g/mol. The second-order valence-electron chi connectivity index (χ2n) is 6.07. The number of hydrogen-bond acceptors (Lipinski definition) is 4. The van der Waals surface area contributed by atoms with Crippen molar-refractivity contribution in [3.05, 3.63) is 59.2 Å². The van der Waals surface area contributed by atoms with Gasteiger partial charge in [-0.1, -0.05) is 18.2 Å². The summed E-state index contributed by atoms with van der Waals surface area (Å²) in [6.45, 7) is 6.56. The van der Waals surface area contributed by atoms with E-state index in [1.165, 1.54) is 0 Å². The molecule has 5 nitrogen and oxygen atoms in total. The van der Waals surface area contributed by atoms with Gasteiger partial charge in [-0.05, 0) is 62.6 Å². The Labute approximate surface area is 154 Å². The number of carbonyl (C=O) groups excluding carboxylic acids is 2. The number of amides is 1. The van der Waals surface area contributed by atoms with Crippen molar-refractivity contribution in [3.8, 4) is 5.75 Å². The van der Waals surface area contributed by atoms with Gasteiger partial charge < -0.3 is 14.8 Å². The molecule has 2 aromatic carbocycles. The first kappa shape index (κ1) is 19.5. The van der Waals surface area contributed by atoms with Crippen LogP contribution in [0.15, 0.2) is 42.5 Å². The van der Waals surface area contributed by atoms with Crippen molar-refractivity contribution in [3.63, 3.8) is 0 Å². The highest BCUT2D eigenvalue weighted by Crippen LogP contribution is 2.19. The van der Waals surface area contributed by atoms with E-state index >= 15 is 0 Å². The molecule has 0 heterocycles. The molecule has 2 rings (SSSR count). The topological polar surface area (TPSA) is 64.6 Å². The molecule has 1 N–H and O–H groups in total. The van der Waals surface area contributed by atoms with Crippen molar-refractivity contribution in [1.29, 1.82) is 0 Å². The minimum absolute atomic E-state index is 0.115. The van der Waals surface area contributed by atoms with Gasteiger partial charge in [0.1, 0.15) is 5.75 Å². The maximum atomic E-state index is 12.1. The zero-order chi connectivity index (χ0) is 18.9. The number of anilines is 1. The van der Waals surface area contributed by atoms with E-state index in [9.17, 15) is 9.59 Å². The van der Waals surface area contributed by atoms with Crippen molar-refractivity contribution < 1.29 is 19.1 Å². The Hall–Kier alpha value is -2.82. The smallest absolute Gasteiger partial charge is 0.338 e. The average Bonchev–Trinajstić information content (AvgIpc) is 2.62. The van der Waals surface area contributed by atoms with Gasteiger partial charge in [0.2, 0.25) is 5.91 Å². The summed E-state index contributed by atoms with van der Waals surface area (Å²) in [5, 5.41) is 2.80. The Balaban J connectivity index is 1.79. The predicted molar refractivity (Wildman–Crippen MR) is 102 cm³/mol. The Bertz CT molecular complexity index is 770. The van der Waals surface area contributed by atoms with Crippen LogP contribution < -0.4 is 10.1 Å². The predicted octanol–water partition coefficient (Wildman–Crippen LogP) is 4.28. The van der Waals surface area contributed by atoms with Gasteiger partial charge in [0.05, 0.1) is 18.8 Å². The zero-order valence-corrected chi connectivity index (χ0v) is 15.5. The summed E-state index contributed by atoms with van der Waals surface area (Å²) in [5.74, 6) is 0.341. The molecule has 0 saturated heterocycles. The van der Waals surface area contributed by atoms with Crippen LogP contribution in [0, 0.1) is 13.8 Å². The number of aryl methyl sites for hydroxylation is 2. The molecule has 0 aliphatic rings. The quantitative estimate of drug-likeness (QED) is 0.567. The zero-order valence-electron chi connectivity index (χ0n) is 15.5. The molecule has 0 spiro atoms. The summed E-state index contributed by atoms with van der Waals surface area (Å²) in [4.78, 5) is 23.8. The van der Waals surface area contributed by atoms with E-state index in [1.54, 1.807) is 31.2 Å². The molecule has 0 atom stereocenters. The minimum atomic E-state index is -0.398. The SMILES string of the molecule is CCOC(=O)c1cccc(NC(=O)CCCOc2cc(C)ccc2C)c1. The third-order valence-electron chi connectivity index (χ3n) is 3.81. The summed E-state index contributed by atoms with van der Waals surface area (Å²) in [7, 11) is 0. The van der Waals surface area contributed by atoms with E-state index in [0.29, 0.717) is 37.3 Å². The van der Waals surface area contributed by atoms with Gasteiger partial charge in [-0.25, -0.2) is 4.79 Å². The van der Waals surface area contributed by atoms with E-state index < -0.39 is 5.97 Å². The molecule has 0 fully saturated rings. The van der Waals surface area contributed by atoms with Crippen LogP contribution in [0.4, 0.5) is 5.69 Å². The van der Waals surface area contributed by atoms with Gasteiger partial charge in [-0.3, -0.25) is 4.79 Å². The molecule has 0 saturated carbocycles. The average molecular weight is 355 g/mol. The molecule has 0 aliphatic heterocycles. The first-order chi connectivity index (χ1) is 12.5. The molecule has 0 aromatic heterocycles. The highest BCUT2D eigenvalue weighted by Gasteiger charge is 2.09. The maximum Gasteiger partial charge on any atom is 0.338 e. The molecular formula is C21H25NO4. The van der Waals surface area contributed by atoms with Crippen LogP contribution in [-0.2, 0) is 9.53 Å². The molecule has 0 bridgehead atoms. The lowest BCUT2D eigenvalue weighted by Gasteiger charge is -2.10. The third-order valence-corrected chi connectivity index (χ3v) is 3.81. The number of carbonyl (C=O) groups is 2. The number of ether oxygens (including phenoxy) is 2. The Morgan fingerprint density at radius 1 is 1.08 bits per heavy atom. The van der Waals surface area contributed by atoms with Crippen LogP contribution in [0.5, 0.6) is 5.75 Å². The van der Waals surface area contributed by atoms with E-state index in [2.05, 4.69) is 5.32 Å². The van der Waals surface area contributed by atoms with Crippen molar-refractivity contribution in [2.45, 2.75) is 33.6 Å². The van der Waals surface area contributed by atoms with Gasteiger partial charge in [0.15, 0.2) is 0 Å².